The first kappa shape index (κ1) is 17.3. The Balaban J connectivity index is 2.21. The Kier molecular flexibility index (Phi) is 8.32. The van der Waals surface area contributed by atoms with E-state index in [9.17, 15) is 9.90 Å². The van der Waals surface area contributed by atoms with E-state index >= 15 is 0 Å². The fourth-order valence-corrected chi connectivity index (χ4v) is 2.18. The molecule has 0 aromatic heterocycles. The molecule has 4 heteroatoms. The van der Waals surface area contributed by atoms with Crippen LogP contribution in [0.15, 0.2) is 18.2 Å². The lowest BCUT2D eigenvalue weighted by Crippen LogP contribution is -2.22. The predicted octanol–water partition coefficient (Wildman–Crippen LogP) is 3.14. The molecular weight excluding hydrogens is 266 g/mol. The Labute approximate surface area is 127 Å². The molecule has 4 nitrogen and oxygen atoms in total. The van der Waals surface area contributed by atoms with Crippen molar-refractivity contribution in [2.75, 3.05) is 7.11 Å². The maximum atomic E-state index is 11.7. The van der Waals surface area contributed by atoms with E-state index in [-0.39, 0.29) is 11.7 Å². The molecule has 1 aromatic rings. The standard InChI is InChI=1S/C17H27NO3/c1-3-4-5-6-7-8-9-17(20)18-13-14-10-11-15(19)16(12-14)21-2/h10-12,19H,3-9,13H2,1-2H3,(H,18,20)/p-1. The SMILES string of the molecule is CCCCCCCCC(=O)NCc1ccc([O-])c(OC)c1. The van der Waals surface area contributed by atoms with Crippen molar-refractivity contribution in [1.82, 2.24) is 5.32 Å². The summed E-state index contributed by atoms with van der Waals surface area (Å²) in [6.45, 7) is 2.63. The van der Waals surface area contributed by atoms with Crippen molar-refractivity contribution in [3.63, 3.8) is 0 Å². The van der Waals surface area contributed by atoms with Crippen LogP contribution in [0.3, 0.4) is 0 Å². The van der Waals surface area contributed by atoms with Gasteiger partial charge in [-0.2, -0.15) is 0 Å². The molecule has 0 heterocycles. The number of carbonyl (C=O) groups excluding carboxylic acids is 1. The predicted molar refractivity (Wildman–Crippen MR) is 82.3 cm³/mol. The number of amides is 1. The third-order valence-corrected chi connectivity index (χ3v) is 3.48. The summed E-state index contributed by atoms with van der Waals surface area (Å²) in [7, 11) is 1.47. The molecule has 1 aromatic carbocycles. The van der Waals surface area contributed by atoms with Crippen molar-refractivity contribution in [1.29, 1.82) is 0 Å². The van der Waals surface area contributed by atoms with Crippen molar-refractivity contribution in [3.05, 3.63) is 23.8 Å². The molecule has 0 saturated heterocycles. The summed E-state index contributed by atoms with van der Waals surface area (Å²) in [5, 5.41) is 14.3. The second-order valence-electron chi connectivity index (χ2n) is 5.28. The Morgan fingerprint density at radius 1 is 1.19 bits per heavy atom. The number of methoxy groups -OCH3 is 1. The molecule has 0 spiro atoms. The fourth-order valence-electron chi connectivity index (χ4n) is 2.18. The van der Waals surface area contributed by atoms with Crippen LogP contribution >= 0.6 is 0 Å². The first-order valence-electron chi connectivity index (χ1n) is 7.78. The molecule has 0 fully saturated rings. The maximum absolute atomic E-state index is 11.7. The van der Waals surface area contributed by atoms with Crippen LogP contribution in [0.1, 0.15) is 57.4 Å². The van der Waals surface area contributed by atoms with Crippen molar-refractivity contribution < 1.29 is 14.6 Å². The van der Waals surface area contributed by atoms with Gasteiger partial charge in [0.1, 0.15) is 5.75 Å². The van der Waals surface area contributed by atoms with Gasteiger partial charge in [0.25, 0.3) is 0 Å². The molecule has 21 heavy (non-hydrogen) atoms. The molecule has 1 rings (SSSR count). The van der Waals surface area contributed by atoms with E-state index in [0.717, 1.165) is 18.4 Å². The largest absolute Gasteiger partial charge is 0.870 e. The van der Waals surface area contributed by atoms with Gasteiger partial charge in [-0.05, 0) is 18.1 Å². The van der Waals surface area contributed by atoms with Gasteiger partial charge in [-0.25, -0.2) is 0 Å². The summed E-state index contributed by atoms with van der Waals surface area (Å²) >= 11 is 0. The lowest BCUT2D eigenvalue weighted by molar-refractivity contribution is -0.270. The molecule has 1 amide bonds. The van der Waals surface area contributed by atoms with Crippen molar-refractivity contribution in [3.8, 4) is 11.5 Å². The molecule has 0 atom stereocenters. The van der Waals surface area contributed by atoms with Crippen LogP contribution in [0.25, 0.3) is 0 Å². The number of hydrogen-bond acceptors (Lipinski definition) is 3. The summed E-state index contributed by atoms with van der Waals surface area (Å²) in [6.07, 6.45) is 7.63. The normalized spacial score (nSPS) is 10.4. The van der Waals surface area contributed by atoms with E-state index in [1.165, 1.54) is 38.9 Å². The molecule has 1 N–H and O–H groups in total. The van der Waals surface area contributed by atoms with Crippen LogP contribution in [0.2, 0.25) is 0 Å². The van der Waals surface area contributed by atoms with Gasteiger partial charge in [0, 0.05) is 13.0 Å². The minimum Gasteiger partial charge on any atom is -0.870 e. The monoisotopic (exact) mass is 292 g/mol. The van der Waals surface area contributed by atoms with E-state index in [0.29, 0.717) is 18.7 Å². The van der Waals surface area contributed by atoms with Crippen LogP contribution in [0, 0.1) is 0 Å². The van der Waals surface area contributed by atoms with Gasteiger partial charge in [0.15, 0.2) is 0 Å². The number of ether oxygens (including phenoxy) is 1. The minimum atomic E-state index is -0.139. The Hall–Kier alpha value is -1.71. The molecular formula is C17H26NO3-. The van der Waals surface area contributed by atoms with Crippen LogP contribution in [0.4, 0.5) is 0 Å². The molecule has 0 aliphatic rings. The van der Waals surface area contributed by atoms with Gasteiger partial charge < -0.3 is 15.2 Å². The summed E-state index contributed by atoms with van der Waals surface area (Å²) in [5.74, 6) is 0.244. The summed E-state index contributed by atoms with van der Waals surface area (Å²) in [5.41, 5.74) is 0.878. The van der Waals surface area contributed by atoms with Crippen molar-refractivity contribution in [2.24, 2.45) is 0 Å². The number of carbonyl (C=O) groups is 1. The smallest absolute Gasteiger partial charge is 0.220 e. The summed E-state index contributed by atoms with van der Waals surface area (Å²) in [6, 6.07) is 4.86. The van der Waals surface area contributed by atoms with E-state index in [1.807, 2.05) is 0 Å². The molecule has 0 unspecified atom stereocenters. The van der Waals surface area contributed by atoms with E-state index in [1.54, 1.807) is 12.1 Å². The Morgan fingerprint density at radius 2 is 1.90 bits per heavy atom. The van der Waals surface area contributed by atoms with Gasteiger partial charge in [-0.15, -0.1) is 0 Å². The van der Waals surface area contributed by atoms with Crippen molar-refractivity contribution in [2.45, 2.75) is 58.4 Å². The van der Waals surface area contributed by atoms with Gasteiger partial charge >= 0.3 is 0 Å². The van der Waals surface area contributed by atoms with Crippen LogP contribution in [0.5, 0.6) is 11.5 Å². The van der Waals surface area contributed by atoms with Gasteiger partial charge in [0.05, 0.1) is 7.11 Å². The molecule has 0 saturated carbocycles. The first-order chi connectivity index (χ1) is 10.2. The highest BCUT2D eigenvalue weighted by atomic mass is 16.5. The van der Waals surface area contributed by atoms with Gasteiger partial charge in [-0.3, -0.25) is 4.79 Å². The maximum Gasteiger partial charge on any atom is 0.220 e. The molecule has 0 aliphatic carbocycles. The topological polar surface area (TPSA) is 61.4 Å². The average molecular weight is 292 g/mol. The Bertz CT molecular complexity index is 432. The zero-order valence-corrected chi connectivity index (χ0v) is 13.1. The highest BCUT2D eigenvalue weighted by molar-refractivity contribution is 5.75. The lowest BCUT2D eigenvalue weighted by Gasteiger charge is -2.13. The average Bonchev–Trinajstić information content (AvgIpc) is 2.50. The third-order valence-electron chi connectivity index (χ3n) is 3.48. The van der Waals surface area contributed by atoms with E-state index < -0.39 is 0 Å². The van der Waals surface area contributed by atoms with Gasteiger partial charge in [0.2, 0.25) is 5.91 Å². The number of hydrogen-bond donors (Lipinski definition) is 1. The number of unbranched alkanes of at least 4 members (excludes halogenated alkanes) is 5. The van der Waals surface area contributed by atoms with Crippen LogP contribution in [-0.4, -0.2) is 13.0 Å². The van der Waals surface area contributed by atoms with Crippen LogP contribution < -0.4 is 15.2 Å². The fraction of sp³-hybridized carbons (Fsp3) is 0.588. The van der Waals surface area contributed by atoms with E-state index in [2.05, 4.69) is 12.2 Å². The van der Waals surface area contributed by atoms with E-state index in [4.69, 9.17) is 4.74 Å². The Morgan fingerprint density at radius 3 is 2.62 bits per heavy atom. The lowest BCUT2D eigenvalue weighted by atomic mass is 10.1. The van der Waals surface area contributed by atoms with Crippen molar-refractivity contribution >= 4 is 5.91 Å². The molecule has 0 radical (unpaired) electrons. The zero-order chi connectivity index (χ0) is 15.5. The third kappa shape index (κ3) is 7.02. The molecule has 118 valence electrons. The molecule has 0 aliphatic heterocycles. The minimum absolute atomic E-state index is 0.0654. The molecule has 0 bridgehead atoms. The second kappa shape index (κ2) is 10.1. The highest BCUT2D eigenvalue weighted by Gasteiger charge is 2.02. The first-order valence-corrected chi connectivity index (χ1v) is 7.78. The summed E-state index contributed by atoms with van der Waals surface area (Å²) in [4.78, 5) is 11.7. The number of nitrogens with one attached hydrogen (secondary N) is 1. The zero-order valence-electron chi connectivity index (χ0n) is 13.1. The van der Waals surface area contributed by atoms with Crippen LogP contribution in [-0.2, 0) is 11.3 Å². The quantitative estimate of drug-likeness (QED) is 0.674. The van der Waals surface area contributed by atoms with Gasteiger partial charge in [-0.1, -0.05) is 56.9 Å². The summed E-state index contributed by atoms with van der Waals surface area (Å²) < 4.78 is 4.98. The number of rotatable bonds is 10. The number of benzene rings is 1. The second-order valence-corrected chi connectivity index (χ2v) is 5.28. The highest BCUT2D eigenvalue weighted by Crippen LogP contribution is 2.23.